The Morgan fingerprint density at radius 3 is 2.41 bits per heavy atom. The molecule has 1 amide bonds. The lowest BCUT2D eigenvalue weighted by Crippen LogP contribution is -2.14. The van der Waals surface area contributed by atoms with Gasteiger partial charge in [-0.05, 0) is 67.6 Å². The Labute approximate surface area is 201 Å². The third kappa shape index (κ3) is 4.53. The lowest BCUT2D eigenvalue weighted by molar-refractivity contribution is 0.0600. The highest BCUT2D eigenvalue weighted by atomic mass is 35.5. The standard InChI is InChI=1S/C26H19ClN4O3/c1-16-23(25(32)29-21-10-6-18(7-11-21)26(33)34-2)30-31(22-12-8-20(27)9-13-22)24(16)19-5-3-4-17(14-19)15-28/h3-14H,1-2H3,(H,29,32). The Morgan fingerprint density at radius 1 is 1.06 bits per heavy atom. The van der Waals surface area contributed by atoms with Gasteiger partial charge in [0.25, 0.3) is 5.91 Å². The highest BCUT2D eigenvalue weighted by molar-refractivity contribution is 6.30. The summed E-state index contributed by atoms with van der Waals surface area (Å²) in [4.78, 5) is 24.8. The average molecular weight is 471 g/mol. The van der Waals surface area contributed by atoms with Gasteiger partial charge in [0.15, 0.2) is 5.69 Å². The number of hydrogen-bond acceptors (Lipinski definition) is 5. The molecule has 0 unspecified atom stereocenters. The number of esters is 1. The zero-order valence-corrected chi connectivity index (χ0v) is 19.1. The minimum atomic E-state index is -0.459. The van der Waals surface area contributed by atoms with Gasteiger partial charge in [-0.15, -0.1) is 0 Å². The minimum Gasteiger partial charge on any atom is -0.465 e. The number of halogens is 1. The third-order valence-electron chi connectivity index (χ3n) is 5.24. The van der Waals surface area contributed by atoms with E-state index < -0.39 is 11.9 Å². The zero-order valence-electron chi connectivity index (χ0n) is 18.4. The highest BCUT2D eigenvalue weighted by Gasteiger charge is 2.22. The summed E-state index contributed by atoms with van der Waals surface area (Å²) in [7, 11) is 1.31. The first-order chi connectivity index (χ1) is 16.4. The monoisotopic (exact) mass is 470 g/mol. The number of nitrogens with one attached hydrogen (secondary N) is 1. The molecule has 7 nitrogen and oxygen atoms in total. The summed E-state index contributed by atoms with van der Waals surface area (Å²) < 4.78 is 6.36. The molecule has 0 fully saturated rings. The van der Waals surface area contributed by atoms with Crippen molar-refractivity contribution < 1.29 is 14.3 Å². The molecule has 0 spiro atoms. The maximum absolute atomic E-state index is 13.2. The fourth-order valence-electron chi connectivity index (χ4n) is 3.55. The van der Waals surface area contributed by atoms with Crippen LogP contribution in [0.15, 0.2) is 72.8 Å². The van der Waals surface area contributed by atoms with Gasteiger partial charge in [-0.25, -0.2) is 9.48 Å². The van der Waals surface area contributed by atoms with Gasteiger partial charge in [0.05, 0.1) is 35.7 Å². The number of benzene rings is 3. The topological polar surface area (TPSA) is 97.0 Å². The molecule has 0 aliphatic rings. The second kappa shape index (κ2) is 9.61. The molecule has 0 saturated heterocycles. The Balaban J connectivity index is 1.76. The summed E-state index contributed by atoms with van der Waals surface area (Å²) in [6.07, 6.45) is 0. The van der Waals surface area contributed by atoms with Crippen molar-refractivity contribution in [1.29, 1.82) is 5.26 Å². The number of amides is 1. The molecule has 8 heteroatoms. The third-order valence-corrected chi connectivity index (χ3v) is 5.49. The van der Waals surface area contributed by atoms with E-state index >= 15 is 0 Å². The predicted molar refractivity (Wildman–Crippen MR) is 129 cm³/mol. The molecule has 1 heterocycles. The summed E-state index contributed by atoms with van der Waals surface area (Å²) >= 11 is 6.05. The predicted octanol–water partition coefficient (Wildman–Crippen LogP) is 5.41. The fraction of sp³-hybridized carbons (Fsp3) is 0.0769. The molecule has 4 aromatic rings. The van der Waals surface area contributed by atoms with Crippen LogP contribution in [0.25, 0.3) is 16.9 Å². The van der Waals surface area contributed by atoms with Gasteiger partial charge in [0.2, 0.25) is 0 Å². The van der Waals surface area contributed by atoms with Crippen molar-refractivity contribution in [1.82, 2.24) is 9.78 Å². The van der Waals surface area contributed by atoms with Crippen molar-refractivity contribution >= 4 is 29.2 Å². The van der Waals surface area contributed by atoms with Crippen LogP contribution < -0.4 is 5.32 Å². The van der Waals surface area contributed by atoms with E-state index in [2.05, 4.69) is 16.5 Å². The zero-order chi connectivity index (χ0) is 24.2. The van der Waals surface area contributed by atoms with Crippen molar-refractivity contribution in [3.8, 4) is 23.0 Å². The molecule has 1 aromatic heterocycles. The van der Waals surface area contributed by atoms with Crippen LogP contribution in [0.5, 0.6) is 0 Å². The van der Waals surface area contributed by atoms with Crippen molar-refractivity contribution in [3.05, 3.63) is 100 Å². The molecule has 0 saturated carbocycles. The smallest absolute Gasteiger partial charge is 0.337 e. The fourth-order valence-corrected chi connectivity index (χ4v) is 3.68. The van der Waals surface area contributed by atoms with Gasteiger partial charge in [-0.3, -0.25) is 4.79 Å². The van der Waals surface area contributed by atoms with Crippen LogP contribution in [0.4, 0.5) is 5.69 Å². The Morgan fingerprint density at radius 2 is 1.76 bits per heavy atom. The van der Waals surface area contributed by atoms with Gasteiger partial charge in [-0.2, -0.15) is 10.4 Å². The summed E-state index contributed by atoms with van der Waals surface area (Å²) in [5.41, 5.74) is 4.41. The molecule has 0 bridgehead atoms. The number of aromatic nitrogens is 2. The second-order valence-electron chi connectivity index (χ2n) is 7.43. The molecule has 1 N–H and O–H groups in total. The Kier molecular flexibility index (Phi) is 6.44. The summed E-state index contributed by atoms with van der Waals surface area (Å²) in [6, 6.07) is 22.7. The number of carbonyl (C=O) groups is 2. The van der Waals surface area contributed by atoms with E-state index in [9.17, 15) is 14.9 Å². The van der Waals surface area contributed by atoms with Crippen LogP contribution in [0.3, 0.4) is 0 Å². The molecule has 0 aliphatic carbocycles. The molecular formula is C26H19ClN4O3. The van der Waals surface area contributed by atoms with Crippen LogP contribution in [0.2, 0.25) is 5.02 Å². The van der Waals surface area contributed by atoms with E-state index in [-0.39, 0.29) is 5.69 Å². The van der Waals surface area contributed by atoms with Gasteiger partial charge < -0.3 is 10.1 Å². The Bertz CT molecular complexity index is 1420. The maximum atomic E-state index is 13.2. The normalized spacial score (nSPS) is 10.4. The first-order valence-corrected chi connectivity index (χ1v) is 10.6. The van der Waals surface area contributed by atoms with Crippen LogP contribution in [-0.4, -0.2) is 28.8 Å². The number of anilines is 1. The minimum absolute atomic E-state index is 0.226. The number of carbonyl (C=O) groups excluding carboxylic acids is 2. The van der Waals surface area contributed by atoms with E-state index in [4.69, 9.17) is 16.3 Å². The van der Waals surface area contributed by atoms with Crippen molar-refractivity contribution in [2.75, 3.05) is 12.4 Å². The summed E-state index contributed by atoms with van der Waals surface area (Å²) in [5.74, 6) is -0.867. The number of nitrogens with zero attached hydrogens (tertiary/aromatic N) is 3. The molecule has 4 rings (SSSR count). The molecule has 34 heavy (non-hydrogen) atoms. The van der Waals surface area contributed by atoms with Crippen LogP contribution in [0.1, 0.15) is 32.0 Å². The summed E-state index contributed by atoms with van der Waals surface area (Å²) in [6.45, 7) is 1.81. The average Bonchev–Trinajstić information content (AvgIpc) is 3.21. The van der Waals surface area contributed by atoms with Gasteiger partial charge in [0, 0.05) is 21.8 Å². The lowest BCUT2D eigenvalue weighted by atomic mass is 10.0. The number of ether oxygens (including phenoxy) is 1. The second-order valence-corrected chi connectivity index (χ2v) is 7.86. The number of hydrogen-bond donors (Lipinski definition) is 1. The lowest BCUT2D eigenvalue weighted by Gasteiger charge is -2.09. The van der Waals surface area contributed by atoms with Crippen molar-refractivity contribution in [3.63, 3.8) is 0 Å². The van der Waals surface area contributed by atoms with E-state index in [1.165, 1.54) is 7.11 Å². The van der Waals surface area contributed by atoms with E-state index in [0.29, 0.717) is 38.8 Å². The Hall–Kier alpha value is -4.41. The van der Waals surface area contributed by atoms with Crippen LogP contribution in [-0.2, 0) is 4.74 Å². The van der Waals surface area contributed by atoms with Crippen LogP contribution in [0, 0.1) is 18.3 Å². The van der Waals surface area contributed by atoms with Gasteiger partial charge in [0.1, 0.15) is 0 Å². The van der Waals surface area contributed by atoms with Crippen molar-refractivity contribution in [2.45, 2.75) is 6.92 Å². The molecule has 168 valence electrons. The SMILES string of the molecule is COC(=O)c1ccc(NC(=O)c2nn(-c3ccc(Cl)cc3)c(-c3cccc(C#N)c3)c2C)cc1. The molecule has 0 atom stereocenters. The molecular weight excluding hydrogens is 452 g/mol. The highest BCUT2D eigenvalue weighted by Crippen LogP contribution is 2.30. The van der Waals surface area contributed by atoms with Gasteiger partial charge >= 0.3 is 5.97 Å². The number of methoxy groups -OCH3 is 1. The van der Waals surface area contributed by atoms with Crippen molar-refractivity contribution in [2.24, 2.45) is 0 Å². The molecule has 3 aromatic carbocycles. The quantitative estimate of drug-likeness (QED) is 0.393. The van der Waals surface area contributed by atoms with E-state index in [1.807, 2.05) is 13.0 Å². The van der Waals surface area contributed by atoms with Gasteiger partial charge in [-0.1, -0.05) is 23.7 Å². The maximum Gasteiger partial charge on any atom is 0.337 e. The largest absolute Gasteiger partial charge is 0.465 e. The van der Waals surface area contributed by atoms with E-state index in [1.54, 1.807) is 71.4 Å². The first-order valence-electron chi connectivity index (χ1n) is 10.3. The first kappa shape index (κ1) is 22.8. The molecule has 0 aliphatic heterocycles. The number of nitriles is 1. The summed E-state index contributed by atoms with van der Waals surface area (Å²) in [5, 5.41) is 17.3. The van der Waals surface area contributed by atoms with Crippen LogP contribution >= 0.6 is 11.6 Å². The number of rotatable bonds is 5. The van der Waals surface area contributed by atoms with E-state index in [0.717, 1.165) is 5.56 Å². The molecule has 0 radical (unpaired) electrons.